The Labute approximate surface area is 158 Å². The molecule has 28 heavy (non-hydrogen) atoms. The molecular weight excluding hydrogens is 392 g/mol. The van der Waals surface area contributed by atoms with E-state index in [0.717, 1.165) is 17.0 Å². The Morgan fingerprint density at radius 1 is 1.25 bits per heavy atom. The Balaban J connectivity index is 3.35. The number of amides is 1. The van der Waals surface area contributed by atoms with E-state index in [9.17, 15) is 31.1 Å². The van der Waals surface area contributed by atoms with Gasteiger partial charge in [-0.3, -0.25) is 4.79 Å². The first-order valence-corrected chi connectivity index (χ1v) is 8.00. The number of benzene rings is 1. The summed E-state index contributed by atoms with van der Waals surface area (Å²) in [4.78, 5) is 14.1. The number of alkyl halides is 6. The highest BCUT2D eigenvalue weighted by molar-refractivity contribution is 5.85. The number of rotatable bonds is 7. The normalized spacial score (nSPS) is 13.0. The average molecular weight is 411 g/mol. The number of likely N-dealkylation sites (N-methyl/N-ethyl adjacent to an activating group) is 1. The van der Waals surface area contributed by atoms with Gasteiger partial charge < -0.3 is 14.5 Å². The lowest BCUT2D eigenvalue weighted by Gasteiger charge is -2.34. The van der Waals surface area contributed by atoms with E-state index in [2.05, 4.69) is 0 Å². The van der Waals surface area contributed by atoms with Crippen molar-refractivity contribution >= 4 is 11.6 Å². The van der Waals surface area contributed by atoms with Gasteiger partial charge in [-0.05, 0) is 25.1 Å². The maximum atomic E-state index is 13.2. The molecule has 1 aromatic rings. The highest BCUT2D eigenvalue weighted by Crippen LogP contribution is 2.35. The molecule has 1 aromatic carbocycles. The van der Waals surface area contributed by atoms with Crippen molar-refractivity contribution < 1.29 is 35.9 Å². The monoisotopic (exact) mass is 411 g/mol. The number of anilines is 1. The molecule has 1 amide bonds. The van der Waals surface area contributed by atoms with Crippen molar-refractivity contribution in [3.8, 4) is 6.07 Å². The lowest BCUT2D eigenvalue weighted by molar-refractivity contribution is -0.137. The van der Waals surface area contributed by atoms with Gasteiger partial charge in [0.25, 0.3) is 0 Å². The third-order valence-electron chi connectivity index (χ3n) is 3.94. The van der Waals surface area contributed by atoms with Gasteiger partial charge in [-0.25, -0.2) is 0 Å². The molecule has 0 aliphatic rings. The maximum Gasteiger partial charge on any atom is 0.417 e. The molecular formula is C17H19F6N3O2. The summed E-state index contributed by atoms with van der Waals surface area (Å²) in [5.74, 6) is -0.723. The number of carbonyl (C=O) groups is 1. The predicted octanol–water partition coefficient (Wildman–Crippen LogP) is 3.44. The number of hydrogen-bond donors (Lipinski definition) is 0. The zero-order valence-electron chi connectivity index (χ0n) is 15.4. The van der Waals surface area contributed by atoms with E-state index in [0.29, 0.717) is 11.0 Å². The molecule has 5 nitrogen and oxygen atoms in total. The molecule has 0 saturated heterocycles. The predicted molar refractivity (Wildman–Crippen MR) is 88.5 cm³/mol. The molecule has 0 saturated carbocycles. The van der Waals surface area contributed by atoms with Crippen molar-refractivity contribution in [2.24, 2.45) is 0 Å². The van der Waals surface area contributed by atoms with Crippen molar-refractivity contribution in [2.45, 2.75) is 25.3 Å². The lowest BCUT2D eigenvalue weighted by atomic mass is 10.1. The zero-order chi connectivity index (χ0) is 21.7. The first-order valence-electron chi connectivity index (χ1n) is 8.00. The first kappa shape index (κ1) is 23.6. The highest BCUT2D eigenvalue weighted by atomic mass is 19.4. The van der Waals surface area contributed by atoms with Gasteiger partial charge in [0, 0.05) is 26.4 Å². The fourth-order valence-corrected chi connectivity index (χ4v) is 2.48. The third kappa shape index (κ3) is 6.30. The first-order chi connectivity index (χ1) is 12.8. The number of nitriles is 1. The van der Waals surface area contributed by atoms with Gasteiger partial charge in [-0.1, -0.05) is 0 Å². The molecule has 0 spiro atoms. The molecule has 0 radical (unpaired) electrons. The van der Waals surface area contributed by atoms with Crippen LogP contribution in [0.3, 0.4) is 0 Å². The Hall–Kier alpha value is -2.48. The molecule has 0 fully saturated rings. The van der Waals surface area contributed by atoms with Crippen LogP contribution in [0.2, 0.25) is 0 Å². The van der Waals surface area contributed by atoms with E-state index in [-0.39, 0.29) is 13.2 Å². The van der Waals surface area contributed by atoms with Crippen molar-refractivity contribution in [3.05, 3.63) is 29.3 Å². The summed E-state index contributed by atoms with van der Waals surface area (Å²) in [5.41, 5.74) is -2.56. The Morgan fingerprint density at radius 2 is 1.86 bits per heavy atom. The summed E-state index contributed by atoms with van der Waals surface area (Å²) in [6, 6.07) is 2.14. The van der Waals surface area contributed by atoms with E-state index in [4.69, 9.17) is 10.00 Å². The summed E-state index contributed by atoms with van der Waals surface area (Å²) in [5, 5.41) is 8.83. The molecule has 0 aliphatic heterocycles. The molecule has 11 heteroatoms. The van der Waals surface area contributed by atoms with Gasteiger partial charge in [-0.15, -0.1) is 0 Å². The molecule has 0 bridgehead atoms. The number of methoxy groups -OCH3 is 1. The molecule has 0 aromatic heterocycles. The van der Waals surface area contributed by atoms with E-state index in [1.165, 1.54) is 27.2 Å². The molecule has 1 atom stereocenters. The number of nitrogens with zero attached hydrogens (tertiary/aromatic N) is 3. The minimum absolute atomic E-state index is 0.0979. The maximum absolute atomic E-state index is 13.2. The second-order valence-corrected chi connectivity index (χ2v) is 6.01. The number of carbonyl (C=O) groups excluding carboxylic acids is 1. The van der Waals surface area contributed by atoms with Crippen LogP contribution in [0, 0.1) is 11.3 Å². The largest absolute Gasteiger partial charge is 0.417 e. The van der Waals surface area contributed by atoms with Gasteiger partial charge in [0.15, 0.2) is 0 Å². The molecule has 0 heterocycles. The van der Waals surface area contributed by atoms with Crippen LogP contribution in [-0.4, -0.2) is 56.9 Å². The fourth-order valence-electron chi connectivity index (χ4n) is 2.48. The van der Waals surface area contributed by atoms with Crippen LogP contribution in [0.15, 0.2) is 18.2 Å². The smallest absolute Gasteiger partial charge is 0.383 e. The Bertz CT molecular complexity index is 727. The molecule has 156 valence electrons. The Kier molecular flexibility index (Phi) is 7.69. The summed E-state index contributed by atoms with van der Waals surface area (Å²) >= 11 is 0. The van der Waals surface area contributed by atoms with Crippen LogP contribution in [0.25, 0.3) is 0 Å². The van der Waals surface area contributed by atoms with Gasteiger partial charge in [0.2, 0.25) is 5.91 Å². The Morgan fingerprint density at radius 3 is 2.32 bits per heavy atom. The van der Waals surface area contributed by atoms with Crippen molar-refractivity contribution in [2.75, 3.05) is 38.8 Å². The summed E-state index contributed by atoms with van der Waals surface area (Å²) in [6.45, 7) is -0.228. The van der Waals surface area contributed by atoms with Crippen LogP contribution >= 0.6 is 0 Å². The van der Waals surface area contributed by atoms with E-state index >= 15 is 0 Å². The van der Waals surface area contributed by atoms with Gasteiger partial charge >= 0.3 is 12.4 Å². The van der Waals surface area contributed by atoms with Crippen molar-refractivity contribution in [3.63, 3.8) is 0 Å². The quantitative estimate of drug-likeness (QED) is 0.645. The van der Waals surface area contributed by atoms with E-state index < -0.39 is 47.7 Å². The second kappa shape index (κ2) is 9.14. The zero-order valence-corrected chi connectivity index (χ0v) is 15.4. The van der Waals surface area contributed by atoms with Crippen LogP contribution in [-0.2, 0) is 15.7 Å². The summed E-state index contributed by atoms with van der Waals surface area (Å²) in [6.07, 6.45) is -9.71. The number of hydrogen-bond acceptors (Lipinski definition) is 4. The molecule has 0 N–H and O–H groups in total. The number of halogens is 6. The van der Waals surface area contributed by atoms with Gasteiger partial charge in [0.05, 0.1) is 23.8 Å². The highest BCUT2D eigenvalue weighted by Gasteiger charge is 2.38. The third-order valence-corrected chi connectivity index (χ3v) is 3.94. The van der Waals surface area contributed by atoms with Crippen molar-refractivity contribution in [1.82, 2.24) is 4.90 Å². The minimum atomic E-state index is -4.94. The molecule has 0 aliphatic carbocycles. The lowest BCUT2D eigenvalue weighted by Crippen LogP contribution is -2.50. The van der Waals surface area contributed by atoms with Gasteiger partial charge in [-0.2, -0.15) is 31.6 Å². The molecule has 0 unspecified atom stereocenters. The standard InChI is InChI=1S/C17H19F6N3O2/c1-11(15(27)25(2)6-7-28-3)26(10-16(18,19)20)13-5-4-12(9-24)14(8-13)17(21,22)23/h4-5,8,11H,6-7,10H2,1-3H3/t11-/m0/s1. The molecule has 1 rings (SSSR count). The van der Waals surface area contributed by atoms with Crippen LogP contribution in [0.4, 0.5) is 32.0 Å². The second-order valence-electron chi connectivity index (χ2n) is 6.01. The topological polar surface area (TPSA) is 56.6 Å². The summed E-state index contributed by atoms with van der Waals surface area (Å²) < 4.78 is 83.4. The van der Waals surface area contributed by atoms with E-state index in [1.807, 2.05) is 0 Å². The fraction of sp³-hybridized carbons (Fsp3) is 0.529. The van der Waals surface area contributed by atoms with Gasteiger partial charge in [0.1, 0.15) is 12.6 Å². The van der Waals surface area contributed by atoms with Crippen LogP contribution in [0.5, 0.6) is 0 Å². The van der Waals surface area contributed by atoms with Crippen molar-refractivity contribution in [1.29, 1.82) is 5.26 Å². The SMILES string of the molecule is COCCN(C)C(=O)[C@H](C)N(CC(F)(F)F)c1ccc(C#N)c(C(F)(F)F)c1. The van der Waals surface area contributed by atoms with Crippen LogP contribution in [0.1, 0.15) is 18.1 Å². The number of ether oxygens (including phenoxy) is 1. The van der Waals surface area contributed by atoms with E-state index in [1.54, 1.807) is 0 Å². The minimum Gasteiger partial charge on any atom is -0.383 e. The average Bonchev–Trinajstić information content (AvgIpc) is 2.60. The van der Waals surface area contributed by atoms with Crippen LogP contribution < -0.4 is 4.90 Å². The summed E-state index contributed by atoms with van der Waals surface area (Å²) in [7, 11) is 2.73.